The van der Waals surface area contributed by atoms with Gasteiger partial charge in [-0.2, -0.15) is 5.10 Å². The number of aromatic nitrogens is 3. The van der Waals surface area contributed by atoms with E-state index in [9.17, 15) is 9.59 Å². The third kappa shape index (κ3) is 4.39. The Morgan fingerprint density at radius 1 is 1.09 bits per heavy atom. The summed E-state index contributed by atoms with van der Waals surface area (Å²) in [5.41, 5.74) is 2.70. The maximum absolute atomic E-state index is 13.4. The molecule has 1 aromatic carbocycles. The minimum absolute atomic E-state index is 0.151. The lowest BCUT2D eigenvalue weighted by Gasteiger charge is -2.22. The molecule has 0 unspecified atom stereocenters. The van der Waals surface area contributed by atoms with Gasteiger partial charge in [0.1, 0.15) is 5.76 Å². The largest absolute Gasteiger partial charge is 0.467 e. The Kier molecular flexibility index (Phi) is 6.02. The molecule has 8 heteroatoms. The number of carbonyl (C=O) groups is 2. The van der Waals surface area contributed by atoms with Crippen molar-refractivity contribution >= 4 is 22.8 Å². The molecule has 3 heterocycles. The van der Waals surface area contributed by atoms with Crippen LogP contribution < -0.4 is 5.32 Å². The van der Waals surface area contributed by atoms with Gasteiger partial charge in [0.15, 0.2) is 5.65 Å². The van der Waals surface area contributed by atoms with Gasteiger partial charge in [-0.05, 0) is 49.7 Å². The fourth-order valence-electron chi connectivity index (χ4n) is 3.53. The Bertz CT molecular complexity index is 1230. The SMILES string of the molecule is CNC(=O)c1ccc(CN(Cc2ccco2)C(=O)c2cnc3c(cnn3C(C)C)c2)cc1. The predicted octanol–water partition coefficient (Wildman–Crippen LogP) is 3.81. The number of nitrogens with zero attached hydrogens (tertiary/aromatic N) is 4. The van der Waals surface area contributed by atoms with E-state index in [-0.39, 0.29) is 17.9 Å². The zero-order valence-corrected chi connectivity index (χ0v) is 18.3. The predicted molar refractivity (Wildman–Crippen MR) is 120 cm³/mol. The van der Waals surface area contributed by atoms with Gasteiger partial charge < -0.3 is 14.6 Å². The Labute approximate surface area is 185 Å². The highest BCUT2D eigenvalue weighted by Gasteiger charge is 2.20. The highest BCUT2D eigenvalue weighted by atomic mass is 16.3. The average molecular weight is 431 g/mol. The number of amides is 2. The van der Waals surface area contributed by atoms with Crippen molar-refractivity contribution < 1.29 is 14.0 Å². The molecular formula is C24H25N5O3. The van der Waals surface area contributed by atoms with Crippen molar-refractivity contribution in [3.8, 4) is 0 Å². The number of hydrogen-bond acceptors (Lipinski definition) is 5. The third-order valence-electron chi connectivity index (χ3n) is 5.20. The van der Waals surface area contributed by atoms with Crippen molar-refractivity contribution in [1.82, 2.24) is 25.0 Å². The zero-order valence-electron chi connectivity index (χ0n) is 18.3. The normalized spacial score (nSPS) is 11.1. The summed E-state index contributed by atoms with van der Waals surface area (Å²) in [4.78, 5) is 31.4. The molecule has 4 rings (SSSR count). The molecule has 0 atom stereocenters. The van der Waals surface area contributed by atoms with Crippen LogP contribution in [0.4, 0.5) is 0 Å². The van der Waals surface area contributed by atoms with Crippen LogP contribution in [0, 0.1) is 0 Å². The number of nitrogens with one attached hydrogen (secondary N) is 1. The summed E-state index contributed by atoms with van der Waals surface area (Å²) in [6.45, 7) is 4.74. The Hall–Kier alpha value is -3.94. The topological polar surface area (TPSA) is 93.3 Å². The van der Waals surface area contributed by atoms with Crippen LogP contribution in [0.2, 0.25) is 0 Å². The van der Waals surface area contributed by atoms with Crippen LogP contribution in [0.5, 0.6) is 0 Å². The lowest BCUT2D eigenvalue weighted by molar-refractivity contribution is 0.0717. The first-order chi connectivity index (χ1) is 15.5. The molecule has 4 aromatic rings. The molecule has 0 bridgehead atoms. The average Bonchev–Trinajstić information content (AvgIpc) is 3.47. The van der Waals surface area contributed by atoms with Crippen LogP contribution in [-0.2, 0) is 13.1 Å². The Balaban J connectivity index is 1.61. The Morgan fingerprint density at radius 3 is 2.53 bits per heavy atom. The van der Waals surface area contributed by atoms with Gasteiger partial charge in [0.05, 0.1) is 24.6 Å². The van der Waals surface area contributed by atoms with Crippen LogP contribution in [0.1, 0.15) is 51.9 Å². The third-order valence-corrected chi connectivity index (χ3v) is 5.20. The maximum Gasteiger partial charge on any atom is 0.256 e. The second kappa shape index (κ2) is 9.05. The van der Waals surface area contributed by atoms with Gasteiger partial charge in [-0.15, -0.1) is 0 Å². The van der Waals surface area contributed by atoms with E-state index in [1.807, 2.05) is 42.8 Å². The summed E-state index contributed by atoms with van der Waals surface area (Å²) < 4.78 is 7.31. The monoisotopic (exact) mass is 431 g/mol. The van der Waals surface area contributed by atoms with Crippen molar-refractivity contribution in [3.05, 3.63) is 83.6 Å². The molecule has 0 spiro atoms. The van der Waals surface area contributed by atoms with E-state index in [1.54, 1.807) is 48.8 Å². The molecule has 0 radical (unpaired) electrons. The van der Waals surface area contributed by atoms with Crippen LogP contribution in [0.3, 0.4) is 0 Å². The molecule has 0 fully saturated rings. The lowest BCUT2D eigenvalue weighted by atomic mass is 10.1. The van der Waals surface area contributed by atoms with Gasteiger partial charge in [0, 0.05) is 36.8 Å². The molecule has 0 saturated heterocycles. The summed E-state index contributed by atoms with van der Waals surface area (Å²) in [6.07, 6.45) is 4.91. The standard InChI is InChI=1S/C24H25N5O3/c1-16(2)29-22-19(13-27-29)11-20(12-26-22)24(31)28(15-21-5-4-10-32-21)14-17-6-8-18(9-7-17)23(30)25-3/h4-13,16H,14-15H2,1-3H3,(H,25,30). The van der Waals surface area contributed by atoms with Crippen molar-refractivity contribution in [3.63, 3.8) is 0 Å². The number of benzene rings is 1. The number of fused-ring (bicyclic) bond motifs is 1. The van der Waals surface area contributed by atoms with E-state index >= 15 is 0 Å². The molecule has 0 aliphatic heterocycles. The first kappa shape index (κ1) is 21.3. The van der Waals surface area contributed by atoms with Crippen LogP contribution in [0.25, 0.3) is 11.0 Å². The molecule has 32 heavy (non-hydrogen) atoms. The highest BCUT2D eigenvalue weighted by Crippen LogP contribution is 2.20. The summed E-state index contributed by atoms with van der Waals surface area (Å²) in [6, 6.07) is 12.8. The van der Waals surface area contributed by atoms with Gasteiger partial charge in [0.25, 0.3) is 11.8 Å². The second-order valence-electron chi connectivity index (χ2n) is 7.84. The molecule has 8 nitrogen and oxygen atoms in total. The lowest BCUT2D eigenvalue weighted by Crippen LogP contribution is -2.30. The first-order valence-electron chi connectivity index (χ1n) is 10.4. The number of pyridine rings is 1. The molecule has 0 aliphatic rings. The van der Waals surface area contributed by atoms with Gasteiger partial charge in [-0.25, -0.2) is 9.67 Å². The van der Waals surface area contributed by atoms with Gasteiger partial charge >= 0.3 is 0 Å². The molecule has 0 aliphatic carbocycles. The summed E-state index contributed by atoms with van der Waals surface area (Å²) in [7, 11) is 1.59. The molecule has 0 saturated carbocycles. The van der Waals surface area contributed by atoms with Crippen molar-refractivity contribution in [2.45, 2.75) is 33.0 Å². The molecule has 3 aromatic heterocycles. The van der Waals surface area contributed by atoms with Gasteiger partial charge in [-0.3, -0.25) is 9.59 Å². The minimum atomic E-state index is -0.163. The summed E-state index contributed by atoms with van der Waals surface area (Å²) >= 11 is 0. The summed E-state index contributed by atoms with van der Waals surface area (Å²) in [5.74, 6) is 0.367. The van der Waals surface area contributed by atoms with Crippen molar-refractivity contribution in [2.75, 3.05) is 7.05 Å². The minimum Gasteiger partial charge on any atom is -0.467 e. The Morgan fingerprint density at radius 2 is 1.88 bits per heavy atom. The van der Waals surface area contributed by atoms with Crippen molar-refractivity contribution in [2.24, 2.45) is 0 Å². The zero-order chi connectivity index (χ0) is 22.7. The van der Waals surface area contributed by atoms with Crippen LogP contribution >= 0.6 is 0 Å². The number of furan rings is 1. The fraction of sp³-hybridized carbons (Fsp3) is 0.250. The quantitative estimate of drug-likeness (QED) is 0.480. The first-order valence-corrected chi connectivity index (χ1v) is 10.4. The number of carbonyl (C=O) groups excluding carboxylic acids is 2. The van der Waals surface area contributed by atoms with E-state index in [1.165, 1.54) is 0 Å². The number of rotatable bonds is 7. The van der Waals surface area contributed by atoms with E-state index in [2.05, 4.69) is 15.4 Å². The molecule has 1 N–H and O–H groups in total. The smallest absolute Gasteiger partial charge is 0.256 e. The maximum atomic E-state index is 13.4. The van der Waals surface area contributed by atoms with Gasteiger partial charge in [-0.1, -0.05) is 12.1 Å². The molecular weight excluding hydrogens is 406 g/mol. The van der Waals surface area contributed by atoms with Gasteiger partial charge in [0.2, 0.25) is 0 Å². The van der Waals surface area contributed by atoms with Crippen molar-refractivity contribution in [1.29, 1.82) is 0 Å². The highest BCUT2D eigenvalue weighted by molar-refractivity contribution is 5.97. The number of hydrogen-bond donors (Lipinski definition) is 1. The van der Waals surface area contributed by atoms with E-state index in [0.29, 0.717) is 30.0 Å². The van der Waals surface area contributed by atoms with E-state index in [4.69, 9.17) is 4.42 Å². The molecule has 164 valence electrons. The fourth-order valence-corrected chi connectivity index (χ4v) is 3.53. The van der Waals surface area contributed by atoms with Crippen LogP contribution in [0.15, 0.2) is 65.5 Å². The van der Waals surface area contributed by atoms with Crippen LogP contribution in [-0.4, -0.2) is 38.5 Å². The second-order valence-corrected chi connectivity index (χ2v) is 7.84. The molecule has 2 amide bonds. The van der Waals surface area contributed by atoms with E-state index < -0.39 is 0 Å². The van der Waals surface area contributed by atoms with E-state index in [0.717, 1.165) is 16.6 Å². The summed E-state index contributed by atoms with van der Waals surface area (Å²) in [5, 5.41) is 7.80.